The Bertz CT molecular complexity index is 325. The van der Waals surface area contributed by atoms with Gasteiger partial charge in [0.2, 0.25) is 0 Å². The first-order chi connectivity index (χ1) is 7.40. The molecule has 0 fully saturated rings. The van der Waals surface area contributed by atoms with Crippen molar-refractivity contribution in [2.75, 3.05) is 25.1 Å². The summed E-state index contributed by atoms with van der Waals surface area (Å²) in [6.07, 6.45) is 2.07. The zero-order valence-electron chi connectivity index (χ0n) is 9.08. The largest absolute Gasteiger partial charge is 0.490 e. The predicted octanol–water partition coefficient (Wildman–Crippen LogP) is 2.67. The lowest BCUT2D eigenvalue weighted by molar-refractivity contribution is 0.297. The van der Waals surface area contributed by atoms with Crippen LogP contribution in [0.5, 0.6) is 11.5 Å². The molecule has 82 valence electrons. The maximum Gasteiger partial charge on any atom is 0.163 e. The first-order valence-electron chi connectivity index (χ1n) is 5.53. The van der Waals surface area contributed by atoms with Crippen LogP contribution in [0.15, 0.2) is 18.2 Å². The molecule has 1 aromatic carbocycles. The highest BCUT2D eigenvalue weighted by Gasteiger charge is 2.09. The lowest BCUT2D eigenvalue weighted by Gasteiger charge is -2.10. The molecule has 0 aromatic heterocycles. The van der Waals surface area contributed by atoms with Gasteiger partial charge in [-0.2, -0.15) is 0 Å². The van der Waals surface area contributed by atoms with E-state index in [1.165, 1.54) is 0 Å². The van der Waals surface area contributed by atoms with Crippen LogP contribution in [0.3, 0.4) is 0 Å². The Hall–Kier alpha value is -1.38. The van der Waals surface area contributed by atoms with Crippen LogP contribution in [0.25, 0.3) is 0 Å². The Morgan fingerprint density at radius 1 is 1.20 bits per heavy atom. The van der Waals surface area contributed by atoms with Crippen molar-refractivity contribution in [2.24, 2.45) is 0 Å². The zero-order chi connectivity index (χ0) is 10.5. The summed E-state index contributed by atoms with van der Waals surface area (Å²) in [5.74, 6) is 1.71. The van der Waals surface area contributed by atoms with E-state index in [0.29, 0.717) is 0 Å². The molecule has 0 bridgehead atoms. The number of nitrogens with one attached hydrogen (secondary N) is 1. The molecule has 2 rings (SSSR count). The van der Waals surface area contributed by atoms with Gasteiger partial charge in [-0.05, 0) is 18.6 Å². The van der Waals surface area contributed by atoms with Crippen LogP contribution in [0.4, 0.5) is 5.69 Å². The number of anilines is 1. The van der Waals surface area contributed by atoms with Gasteiger partial charge in [0, 0.05) is 24.7 Å². The van der Waals surface area contributed by atoms with Gasteiger partial charge < -0.3 is 14.8 Å². The Morgan fingerprint density at radius 2 is 2.00 bits per heavy atom. The SMILES string of the molecule is CCCNc1ccc2c(c1)OCCCO2. The molecule has 3 nitrogen and oxygen atoms in total. The smallest absolute Gasteiger partial charge is 0.163 e. The normalized spacial score (nSPS) is 14.5. The van der Waals surface area contributed by atoms with E-state index in [2.05, 4.69) is 12.2 Å². The fourth-order valence-electron chi connectivity index (χ4n) is 1.54. The summed E-state index contributed by atoms with van der Waals surface area (Å²) in [4.78, 5) is 0. The molecule has 1 aliphatic heterocycles. The molecule has 0 unspecified atom stereocenters. The molecule has 0 saturated heterocycles. The molecule has 0 amide bonds. The second kappa shape index (κ2) is 4.91. The zero-order valence-corrected chi connectivity index (χ0v) is 9.08. The van der Waals surface area contributed by atoms with Crippen LogP contribution in [0, 0.1) is 0 Å². The van der Waals surface area contributed by atoms with Crippen LogP contribution >= 0.6 is 0 Å². The van der Waals surface area contributed by atoms with Crippen LogP contribution < -0.4 is 14.8 Å². The predicted molar refractivity (Wildman–Crippen MR) is 60.8 cm³/mol. The molecular formula is C12H17NO2. The second-order valence-corrected chi connectivity index (χ2v) is 3.64. The fraction of sp³-hybridized carbons (Fsp3) is 0.500. The molecule has 15 heavy (non-hydrogen) atoms. The summed E-state index contributed by atoms with van der Waals surface area (Å²) < 4.78 is 11.2. The van der Waals surface area contributed by atoms with E-state index in [0.717, 1.165) is 49.8 Å². The molecule has 0 radical (unpaired) electrons. The van der Waals surface area contributed by atoms with Gasteiger partial charge in [-0.1, -0.05) is 6.92 Å². The molecule has 1 heterocycles. The molecule has 0 saturated carbocycles. The van der Waals surface area contributed by atoms with Gasteiger partial charge in [0.25, 0.3) is 0 Å². The van der Waals surface area contributed by atoms with Crippen molar-refractivity contribution in [1.82, 2.24) is 0 Å². The average molecular weight is 207 g/mol. The summed E-state index contributed by atoms with van der Waals surface area (Å²) in [5, 5.41) is 3.33. The first kappa shape index (κ1) is 10.1. The maximum atomic E-state index is 5.60. The Kier molecular flexibility index (Phi) is 3.33. The van der Waals surface area contributed by atoms with E-state index in [1.807, 2.05) is 18.2 Å². The quantitative estimate of drug-likeness (QED) is 0.826. The minimum absolute atomic E-state index is 0.740. The Morgan fingerprint density at radius 3 is 2.80 bits per heavy atom. The highest BCUT2D eigenvalue weighted by molar-refractivity contribution is 5.54. The topological polar surface area (TPSA) is 30.5 Å². The van der Waals surface area contributed by atoms with E-state index in [1.54, 1.807) is 0 Å². The van der Waals surface area contributed by atoms with E-state index >= 15 is 0 Å². The van der Waals surface area contributed by atoms with Crippen LogP contribution in [-0.4, -0.2) is 19.8 Å². The number of ether oxygens (including phenoxy) is 2. The summed E-state index contributed by atoms with van der Waals surface area (Å²) in [6, 6.07) is 6.01. The van der Waals surface area contributed by atoms with E-state index < -0.39 is 0 Å². The highest BCUT2D eigenvalue weighted by Crippen LogP contribution is 2.32. The molecule has 1 aliphatic rings. The molecule has 3 heteroatoms. The van der Waals surface area contributed by atoms with Crippen molar-refractivity contribution in [1.29, 1.82) is 0 Å². The fourth-order valence-corrected chi connectivity index (χ4v) is 1.54. The minimum atomic E-state index is 0.740. The van der Waals surface area contributed by atoms with E-state index in [9.17, 15) is 0 Å². The number of benzene rings is 1. The third kappa shape index (κ3) is 2.55. The van der Waals surface area contributed by atoms with Crippen molar-refractivity contribution in [3.8, 4) is 11.5 Å². The van der Waals surface area contributed by atoms with Gasteiger partial charge >= 0.3 is 0 Å². The first-order valence-corrected chi connectivity index (χ1v) is 5.53. The van der Waals surface area contributed by atoms with Crippen LogP contribution in [0.1, 0.15) is 19.8 Å². The summed E-state index contributed by atoms with van der Waals surface area (Å²) in [7, 11) is 0. The lowest BCUT2D eigenvalue weighted by atomic mass is 10.2. The monoisotopic (exact) mass is 207 g/mol. The Labute approximate surface area is 90.4 Å². The minimum Gasteiger partial charge on any atom is -0.490 e. The highest BCUT2D eigenvalue weighted by atomic mass is 16.5. The maximum absolute atomic E-state index is 5.60. The van der Waals surface area contributed by atoms with E-state index in [-0.39, 0.29) is 0 Å². The number of rotatable bonds is 3. The summed E-state index contributed by atoms with van der Waals surface area (Å²) in [6.45, 7) is 4.62. The standard InChI is InChI=1S/C12H17NO2/c1-2-6-13-10-4-5-11-12(9-10)15-8-3-7-14-11/h4-5,9,13H,2-3,6-8H2,1H3. The van der Waals surface area contributed by atoms with Crippen LogP contribution in [-0.2, 0) is 0 Å². The molecule has 1 N–H and O–H groups in total. The van der Waals surface area contributed by atoms with Crippen molar-refractivity contribution < 1.29 is 9.47 Å². The Balaban J connectivity index is 2.13. The van der Waals surface area contributed by atoms with Gasteiger partial charge in [0.05, 0.1) is 13.2 Å². The van der Waals surface area contributed by atoms with Gasteiger partial charge in [0.15, 0.2) is 11.5 Å². The number of hydrogen-bond acceptors (Lipinski definition) is 3. The van der Waals surface area contributed by atoms with Crippen molar-refractivity contribution in [3.63, 3.8) is 0 Å². The molecule has 1 aromatic rings. The van der Waals surface area contributed by atoms with Crippen LogP contribution in [0.2, 0.25) is 0 Å². The summed E-state index contributed by atoms with van der Waals surface area (Å²) in [5.41, 5.74) is 1.10. The number of hydrogen-bond donors (Lipinski definition) is 1. The van der Waals surface area contributed by atoms with Crippen molar-refractivity contribution >= 4 is 5.69 Å². The molecule has 0 aliphatic carbocycles. The second-order valence-electron chi connectivity index (χ2n) is 3.64. The molecule has 0 atom stereocenters. The molecule has 0 spiro atoms. The lowest BCUT2D eigenvalue weighted by Crippen LogP contribution is -2.00. The van der Waals surface area contributed by atoms with Crippen molar-refractivity contribution in [2.45, 2.75) is 19.8 Å². The van der Waals surface area contributed by atoms with Gasteiger partial charge in [-0.15, -0.1) is 0 Å². The summed E-state index contributed by atoms with van der Waals surface area (Å²) >= 11 is 0. The van der Waals surface area contributed by atoms with E-state index in [4.69, 9.17) is 9.47 Å². The van der Waals surface area contributed by atoms with Gasteiger partial charge in [0.1, 0.15) is 0 Å². The third-order valence-electron chi connectivity index (χ3n) is 2.33. The van der Waals surface area contributed by atoms with Crippen molar-refractivity contribution in [3.05, 3.63) is 18.2 Å². The average Bonchev–Trinajstić information content (AvgIpc) is 2.50. The third-order valence-corrected chi connectivity index (χ3v) is 2.33. The van der Waals surface area contributed by atoms with Gasteiger partial charge in [-0.25, -0.2) is 0 Å². The molecular weight excluding hydrogens is 190 g/mol. The van der Waals surface area contributed by atoms with Gasteiger partial charge in [-0.3, -0.25) is 0 Å². The number of fused-ring (bicyclic) bond motifs is 1.